The maximum absolute atomic E-state index is 9.02. The van der Waals surface area contributed by atoms with Gasteiger partial charge in [-0.05, 0) is 37.6 Å². The molecule has 0 unspecified atom stereocenters. The Morgan fingerprint density at radius 2 is 1.92 bits per heavy atom. The van der Waals surface area contributed by atoms with Crippen LogP contribution in [0.1, 0.15) is 25.0 Å². The lowest BCUT2D eigenvalue weighted by atomic mass is 10.2. The highest BCUT2D eigenvalue weighted by molar-refractivity contribution is 5.57. The van der Waals surface area contributed by atoms with Crippen molar-refractivity contribution < 1.29 is 0 Å². The zero-order valence-corrected chi connectivity index (χ0v) is 14.8. The van der Waals surface area contributed by atoms with E-state index in [1.54, 1.807) is 18.3 Å². The number of nitrogens with zero attached hydrogens (tertiary/aromatic N) is 5. The van der Waals surface area contributed by atoms with Crippen LogP contribution < -0.4 is 10.2 Å². The van der Waals surface area contributed by atoms with Crippen LogP contribution in [-0.2, 0) is 6.54 Å². The number of hydrogen-bond acceptors (Lipinski definition) is 6. The number of nitriles is 1. The summed E-state index contributed by atoms with van der Waals surface area (Å²) in [4.78, 5) is 6.77. The molecule has 130 valence electrons. The van der Waals surface area contributed by atoms with Gasteiger partial charge < -0.3 is 10.2 Å². The predicted molar refractivity (Wildman–Crippen MR) is 102 cm³/mol. The highest BCUT2D eigenvalue weighted by Crippen LogP contribution is 2.20. The van der Waals surface area contributed by atoms with Crippen LogP contribution in [0, 0.1) is 11.3 Å². The average Bonchev–Trinajstić information content (AvgIpc) is 2.67. The highest BCUT2D eigenvalue weighted by atomic mass is 15.3. The number of rotatable bonds is 6. The van der Waals surface area contributed by atoms with Crippen molar-refractivity contribution in [3.8, 4) is 6.07 Å². The van der Waals surface area contributed by atoms with Gasteiger partial charge in [-0.15, -0.1) is 5.10 Å². The molecular formula is C20H20N6. The van der Waals surface area contributed by atoms with Crippen molar-refractivity contribution in [1.82, 2.24) is 15.2 Å². The number of aromatic nitrogens is 3. The van der Waals surface area contributed by atoms with Gasteiger partial charge in [0, 0.05) is 18.3 Å². The minimum atomic E-state index is 0.252. The fraction of sp³-hybridized carbons (Fsp3) is 0.200. The largest absolute Gasteiger partial charge is 0.348 e. The molecule has 0 saturated heterocycles. The van der Waals surface area contributed by atoms with Crippen LogP contribution in [0.3, 0.4) is 0 Å². The van der Waals surface area contributed by atoms with Gasteiger partial charge in [0.1, 0.15) is 0 Å². The summed E-state index contributed by atoms with van der Waals surface area (Å²) in [5, 5.41) is 20.3. The topological polar surface area (TPSA) is 77.7 Å². The Bertz CT molecular complexity index is 901. The molecule has 3 rings (SSSR count). The summed E-state index contributed by atoms with van der Waals surface area (Å²) in [7, 11) is 0. The van der Waals surface area contributed by atoms with Crippen molar-refractivity contribution in [2.75, 3.05) is 10.2 Å². The summed E-state index contributed by atoms with van der Waals surface area (Å²) in [6.45, 7) is 4.98. The van der Waals surface area contributed by atoms with Gasteiger partial charge in [0.05, 0.1) is 17.8 Å². The smallest absolute Gasteiger partial charge is 0.249 e. The van der Waals surface area contributed by atoms with Gasteiger partial charge >= 0.3 is 0 Å². The van der Waals surface area contributed by atoms with Crippen molar-refractivity contribution in [3.05, 3.63) is 71.9 Å². The van der Waals surface area contributed by atoms with Gasteiger partial charge in [-0.1, -0.05) is 36.4 Å². The molecule has 0 bridgehead atoms. The second-order valence-corrected chi connectivity index (χ2v) is 6.16. The Labute approximate surface area is 153 Å². The first-order valence-corrected chi connectivity index (χ1v) is 8.43. The summed E-state index contributed by atoms with van der Waals surface area (Å²) < 4.78 is 0. The Morgan fingerprint density at radius 1 is 1.12 bits per heavy atom. The maximum atomic E-state index is 9.02. The van der Waals surface area contributed by atoms with E-state index in [-0.39, 0.29) is 6.04 Å². The Balaban J connectivity index is 1.83. The first kappa shape index (κ1) is 17.4. The molecule has 26 heavy (non-hydrogen) atoms. The third-order valence-corrected chi connectivity index (χ3v) is 3.91. The molecule has 1 heterocycles. The second kappa shape index (κ2) is 8.08. The van der Waals surface area contributed by atoms with Crippen LogP contribution in [0.15, 0.2) is 60.8 Å². The van der Waals surface area contributed by atoms with Crippen LogP contribution in [0.5, 0.6) is 0 Å². The molecule has 0 aliphatic rings. The summed E-state index contributed by atoms with van der Waals surface area (Å²) in [6.07, 6.45) is 1.67. The fourth-order valence-corrected chi connectivity index (χ4v) is 2.59. The molecule has 0 fully saturated rings. The molecule has 0 saturated carbocycles. The van der Waals surface area contributed by atoms with Crippen LogP contribution in [-0.4, -0.2) is 21.2 Å². The molecule has 0 spiro atoms. The van der Waals surface area contributed by atoms with E-state index in [4.69, 9.17) is 5.26 Å². The molecule has 0 atom stereocenters. The maximum Gasteiger partial charge on any atom is 0.249 e. The van der Waals surface area contributed by atoms with E-state index < -0.39 is 0 Å². The van der Waals surface area contributed by atoms with Gasteiger partial charge in [-0.3, -0.25) is 0 Å². The molecule has 6 heteroatoms. The molecule has 0 aliphatic carbocycles. The van der Waals surface area contributed by atoms with E-state index in [0.29, 0.717) is 11.5 Å². The van der Waals surface area contributed by atoms with Gasteiger partial charge in [-0.2, -0.15) is 15.3 Å². The van der Waals surface area contributed by atoms with Crippen LogP contribution >= 0.6 is 0 Å². The summed E-state index contributed by atoms with van der Waals surface area (Å²) in [6, 6.07) is 19.8. The number of nitrogens with one attached hydrogen (secondary N) is 1. The molecule has 3 aromatic rings. The summed E-state index contributed by atoms with van der Waals surface area (Å²) in [5.41, 5.74) is 2.53. The SMILES string of the molecule is CC(C)N(Cc1ccccc1)c1cnnc(Nc2cccc(C#N)c2)n1. The third-order valence-electron chi connectivity index (χ3n) is 3.91. The number of anilines is 3. The zero-order chi connectivity index (χ0) is 18.4. The Hall–Kier alpha value is -3.46. The van der Waals surface area contributed by atoms with E-state index in [1.165, 1.54) is 5.56 Å². The highest BCUT2D eigenvalue weighted by Gasteiger charge is 2.14. The molecule has 0 radical (unpaired) electrons. The monoisotopic (exact) mass is 344 g/mol. The Morgan fingerprint density at radius 3 is 2.65 bits per heavy atom. The molecular weight excluding hydrogens is 324 g/mol. The van der Waals surface area contributed by atoms with Crippen molar-refractivity contribution >= 4 is 17.5 Å². The summed E-state index contributed by atoms with van der Waals surface area (Å²) >= 11 is 0. The number of benzene rings is 2. The van der Waals surface area contributed by atoms with Crippen LogP contribution in [0.2, 0.25) is 0 Å². The predicted octanol–water partition coefficient (Wildman–Crippen LogP) is 3.90. The van der Waals surface area contributed by atoms with E-state index in [1.807, 2.05) is 30.3 Å². The molecule has 1 N–H and O–H groups in total. The lowest BCUT2D eigenvalue weighted by molar-refractivity contribution is 0.668. The summed E-state index contributed by atoms with van der Waals surface area (Å²) in [5.74, 6) is 1.15. The van der Waals surface area contributed by atoms with Gasteiger partial charge in [0.2, 0.25) is 5.95 Å². The Kier molecular flexibility index (Phi) is 5.40. The van der Waals surface area contributed by atoms with Crippen LogP contribution in [0.25, 0.3) is 0 Å². The molecule has 6 nitrogen and oxygen atoms in total. The molecule has 2 aromatic carbocycles. The molecule has 0 aliphatic heterocycles. The molecule has 0 amide bonds. The lowest BCUT2D eigenvalue weighted by Gasteiger charge is -2.27. The van der Waals surface area contributed by atoms with E-state index in [2.05, 4.69) is 57.4 Å². The standard InChI is InChI=1S/C20H20N6/c1-15(2)26(14-16-7-4-3-5-8-16)19-13-22-25-20(24-19)23-18-10-6-9-17(11-18)12-21/h3-11,13,15H,14H2,1-2H3,(H,23,24,25). The number of hydrogen-bond donors (Lipinski definition) is 1. The molecule has 1 aromatic heterocycles. The first-order chi connectivity index (χ1) is 12.7. The van der Waals surface area contributed by atoms with Crippen molar-refractivity contribution in [2.45, 2.75) is 26.4 Å². The first-order valence-electron chi connectivity index (χ1n) is 8.43. The fourth-order valence-electron chi connectivity index (χ4n) is 2.59. The van der Waals surface area contributed by atoms with Crippen molar-refractivity contribution in [1.29, 1.82) is 5.26 Å². The third kappa shape index (κ3) is 4.33. The van der Waals surface area contributed by atoms with E-state index in [0.717, 1.165) is 18.1 Å². The van der Waals surface area contributed by atoms with Gasteiger partial charge in [-0.25, -0.2) is 0 Å². The minimum Gasteiger partial charge on any atom is -0.348 e. The lowest BCUT2D eigenvalue weighted by Crippen LogP contribution is -2.31. The second-order valence-electron chi connectivity index (χ2n) is 6.16. The zero-order valence-electron chi connectivity index (χ0n) is 14.8. The minimum absolute atomic E-state index is 0.252. The van der Waals surface area contributed by atoms with Crippen LogP contribution in [0.4, 0.5) is 17.5 Å². The van der Waals surface area contributed by atoms with E-state index >= 15 is 0 Å². The average molecular weight is 344 g/mol. The normalized spacial score (nSPS) is 10.4. The quantitative estimate of drug-likeness (QED) is 0.731. The van der Waals surface area contributed by atoms with Crippen molar-refractivity contribution in [3.63, 3.8) is 0 Å². The van der Waals surface area contributed by atoms with Crippen molar-refractivity contribution in [2.24, 2.45) is 0 Å². The van der Waals surface area contributed by atoms with E-state index in [9.17, 15) is 0 Å². The van der Waals surface area contributed by atoms with Gasteiger partial charge in [0.25, 0.3) is 0 Å². The van der Waals surface area contributed by atoms with Gasteiger partial charge in [0.15, 0.2) is 5.82 Å².